The number of oxazole rings is 1. The Balaban J connectivity index is 1.68. The molecule has 1 aliphatic rings. The molecule has 0 spiro atoms. The SMILES string of the molecule is Cc1ccc(-c2nc(CN(CCO)C3CCN(C)CC3)co2)cc1. The highest BCUT2D eigenvalue weighted by atomic mass is 16.3. The molecule has 5 heteroatoms. The lowest BCUT2D eigenvalue weighted by Crippen LogP contribution is -2.44. The monoisotopic (exact) mass is 329 g/mol. The van der Waals surface area contributed by atoms with Crippen molar-refractivity contribution in [3.05, 3.63) is 41.8 Å². The summed E-state index contributed by atoms with van der Waals surface area (Å²) in [4.78, 5) is 9.34. The Morgan fingerprint density at radius 2 is 1.96 bits per heavy atom. The molecule has 1 fully saturated rings. The van der Waals surface area contributed by atoms with Gasteiger partial charge < -0.3 is 14.4 Å². The first-order chi connectivity index (χ1) is 11.7. The zero-order valence-electron chi connectivity index (χ0n) is 14.6. The van der Waals surface area contributed by atoms with E-state index in [1.807, 2.05) is 12.1 Å². The largest absolute Gasteiger partial charge is 0.444 e. The molecule has 0 saturated carbocycles. The van der Waals surface area contributed by atoms with Crippen molar-refractivity contribution in [3.8, 4) is 11.5 Å². The maximum absolute atomic E-state index is 9.41. The third-order valence-electron chi connectivity index (χ3n) is 4.81. The van der Waals surface area contributed by atoms with Gasteiger partial charge >= 0.3 is 0 Å². The minimum absolute atomic E-state index is 0.176. The lowest BCUT2D eigenvalue weighted by atomic mass is 10.0. The molecule has 2 aromatic rings. The quantitative estimate of drug-likeness (QED) is 0.883. The van der Waals surface area contributed by atoms with E-state index in [0.717, 1.165) is 43.7 Å². The van der Waals surface area contributed by atoms with Crippen molar-refractivity contribution in [1.29, 1.82) is 0 Å². The molecule has 1 N–H and O–H groups in total. The van der Waals surface area contributed by atoms with Gasteiger partial charge in [0.15, 0.2) is 0 Å². The number of hydrogen-bond donors (Lipinski definition) is 1. The van der Waals surface area contributed by atoms with Crippen LogP contribution in [0.3, 0.4) is 0 Å². The van der Waals surface area contributed by atoms with E-state index in [4.69, 9.17) is 4.42 Å². The first kappa shape index (κ1) is 17.1. The number of aliphatic hydroxyl groups is 1. The van der Waals surface area contributed by atoms with Crippen LogP contribution in [-0.4, -0.2) is 59.2 Å². The molecule has 130 valence electrons. The van der Waals surface area contributed by atoms with Gasteiger partial charge in [-0.3, -0.25) is 4.90 Å². The number of nitrogens with zero attached hydrogens (tertiary/aromatic N) is 3. The van der Waals surface area contributed by atoms with Crippen molar-refractivity contribution >= 4 is 0 Å². The highest BCUT2D eigenvalue weighted by Gasteiger charge is 2.23. The standard InChI is InChI=1S/C19H27N3O2/c1-15-3-5-16(6-4-15)19-20-17(14-24-19)13-22(11-12-23)18-7-9-21(2)10-8-18/h3-6,14,18,23H,7-13H2,1-2H3. The van der Waals surface area contributed by atoms with E-state index in [9.17, 15) is 5.11 Å². The average molecular weight is 329 g/mol. The molecule has 1 aromatic carbocycles. The molecule has 5 nitrogen and oxygen atoms in total. The molecular weight excluding hydrogens is 302 g/mol. The average Bonchev–Trinajstić information content (AvgIpc) is 3.04. The summed E-state index contributed by atoms with van der Waals surface area (Å²) >= 11 is 0. The normalized spacial score (nSPS) is 16.8. The number of aryl methyl sites for hydroxylation is 1. The molecular formula is C19H27N3O2. The number of piperidine rings is 1. The molecule has 0 radical (unpaired) electrons. The maximum Gasteiger partial charge on any atom is 0.226 e. The van der Waals surface area contributed by atoms with E-state index in [-0.39, 0.29) is 6.61 Å². The smallest absolute Gasteiger partial charge is 0.226 e. The van der Waals surface area contributed by atoms with Crippen LogP contribution in [0, 0.1) is 6.92 Å². The van der Waals surface area contributed by atoms with E-state index in [2.05, 4.69) is 40.9 Å². The van der Waals surface area contributed by atoms with Gasteiger partial charge in [-0.05, 0) is 52.0 Å². The first-order valence-corrected chi connectivity index (χ1v) is 8.70. The fraction of sp³-hybridized carbons (Fsp3) is 0.526. The Morgan fingerprint density at radius 1 is 1.25 bits per heavy atom. The molecule has 2 heterocycles. The Morgan fingerprint density at radius 3 is 2.62 bits per heavy atom. The molecule has 0 atom stereocenters. The molecule has 24 heavy (non-hydrogen) atoms. The van der Waals surface area contributed by atoms with Gasteiger partial charge in [-0.1, -0.05) is 17.7 Å². The van der Waals surface area contributed by atoms with Gasteiger partial charge in [-0.25, -0.2) is 4.98 Å². The number of rotatable bonds is 6. The van der Waals surface area contributed by atoms with Crippen molar-refractivity contribution < 1.29 is 9.52 Å². The van der Waals surface area contributed by atoms with Crippen molar-refractivity contribution in [3.63, 3.8) is 0 Å². The number of aromatic nitrogens is 1. The summed E-state index contributed by atoms with van der Waals surface area (Å²) in [7, 11) is 2.16. The number of aliphatic hydroxyl groups excluding tert-OH is 1. The van der Waals surface area contributed by atoms with E-state index in [1.54, 1.807) is 6.26 Å². The molecule has 0 unspecified atom stereocenters. The topological polar surface area (TPSA) is 52.7 Å². The Kier molecular flexibility index (Phi) is 5.66. The van der Waals surface area contributed by atoms with Crippen LogP contribution in [0.2, 0.25) is 0 Å². The Hall–Kier alpha value is -1.69. The third kappa shape index (κ3) is 4.23. The van der Waals surface area contributed by atoms with Crippen LogP contribution in [0.4, 0.5) is 0 Å². The molecule has 1 aromatic heterocycles. The summed E-state index contributed by atoms with van der Waals surface area (Å²) in [5, 5.41) is 9.41. The molecule has 0 aliphatic carbocycles. The van der Waals surface area contributed by atoms with Crippen LogP contribution in [0.5, 0.6) is 0 Å². The first-order valence-electron chi connectivity index (χ1n) is 8.70. The second-order valence-corrected chi connectivity index (χ2v) is 6.74. The van der Waals surface area contributed by atoms with Gasteiger partial charge in [-0.2, -0.15) is 0 Å². The van der Waals surface area contributed by atoms with Gasteiger partial charge in [0.05, 0.1) is 12.3 Å². The van der Waals surface area contributed by atoms with Crippen LogP contribution in [0.15, 0.2) is 34.9 Å². The minimum atomic E-state index is 0.176. The Labute approximate surface area is 143 Å². The predicted octanol–water partition coefficient (Wildman–Crippen LogP) is 2.54. The highest BCUT2D eigenvalue weighted by Crippen LogP contribution is 2.22. The minimum Gasteiger partial charge on any atom is -0.444 e. The summed E-state index contributed by atoms with van der Waals surface area (Å²) in [6.45, 7) is 5.87. The molecule has 1 saturated heterocycles. The summed E-state index contributed by atoms with van der Waals surface area (Å²) < 4.78 is 5.67. The summed E-state index contributed by atoms with van der Waals surface area (Å²) in [5.74, 6) is 0.664. The van der Waals surface area contributed by atoms with Crippen LogP contribution in [-0.2, 0) is 6.54 Å². The van der Waals surface area contributed by atoms with Crippen LogP contribution in [0.25, 0.3) is 11.5 Å². The van der Waals surface area contributed by atoms with Crippen molar-refractivity contribution in [2.24, 2.45) is 0 Å². The summed E-state index contributed by atoms with van der Waals surface area (Å²) in [6, 6.07) is 8.71. The number of benzene rings is 1. The van der Waals surface area contributed by atoms with Crippen molar-refractivity contribution in [2.45, 2.75) is 32.4 Å². The fourth-order valence-corrected chi connectivity index (χ4v) is 3.30. The van der Waals surface area contributed by atoms with Gasteiger partial charge in [-0.15, -0.1) is 0 Å². The van der Waals surface area contributed by atoms with E-state index in [1.165, 1.54) is 5.56 Å². The van der Waals surface area contributed by atoms with Crippen LogP contribution in [0.1, 0.15) is 24.1 Å². The second kappa shape index (κ2) is 7.92. The highest BCUT2D eigenvalue weighted by molar-refractivity contribution is 5.53. The van der Waals surface area contributed by atoms with E-state index >= 15 is 0 Å². The lowest BCUT2D eigenvalue weighted by molar-refractivity contribution is 0.0931. The van der Waals surface area contributed by atoms with Crippen LogP contribution >= 0.6 is 0 Å². The lowest BCUT2D eigenvalue weighted by Gasteiger charge is -2.36. The summed E-state index contributed by atoms with van der Waals surface area (Å²) in [6.07, 6.45) is 4.02. The summed E-state index contributed by atoms with van der Waals surface area (Å²) in [5.41, 5.74) is 3.15. The van der Waals surface area contributed by atoms with Gasteiger partial charge in [0.25, 0.3) is 0 Å². The number of hydrogen-bond acceptors (Lipinski definition) is 5. The van der Waals surface area contributed by atoms with Gasteiger partial charge in [0.2, 0.25) is 5.89 Å². The molecule has 0 amide bonds. The predicted molar refractivity (Wildman–Crippen MR) is 94.7 cm³/mol. The molecule has 1 aliphatic heterocycles. The molecule has 0 bridgehead atoms. The van der Waals surface area contributed by atoms with Crippen molar-refractivity contribution in [1.82, 2.24) is 14.8 Å². The zero-order valence-corrected chi connectivity index (χ0v) is 14.6. The maximum atomic E-state index is 9.41. The van der Waals surface area contributed by atoms with Crippen molar-refractivity contribution in [2.75, 3.05) is 33.3 Å². The molecule has 3 rings (SSSR count). The van der Waals surface area contributed by atoms with Crippen LogP contribution < -0.4 is 0 Å². The Bertz CT molecular complexity index is 630. The van der Waals surface area contributed by atoms with E-state index < -0.39 is 0 Å². The number of likely N-dealkylation sites (tertiary alicyclic amines) is 1. The zero-order chi connectivity index (χ0) is 16.9. The second-order valence-electron chi connectivity index (χ2n) is 6.74. The third-order valence-corrected chi connectivity index (χ3v) is 4.81. The van der Waals surface area contributed by atoms with E-state index in [0.29, 0.717) is 18.5 Å². The fourth-order valence-electron chi connectivity index (χ4n) is 3.30. The van der Waals surface area contributed by atoms with Gasteiger partial charge in [0, 0.05) is 24.7 Å². The van der Waals surface area contributed by atoms with Gasteiger partial charge in [0.1, 0.15) is 6.26 Å².